The molecule has 0 saturated carbocycles. The van der Waals surface area contributed by atoms with Gasteiger partial charge in [-0.15, -0.1) is 0 Å². The lowest BCUT2D eigenvalue weighted by Crippen LogP contribution is -2.16. The fourth-order valence-corrected chi connectivity index (χ4v) is 2.79. The number of nitrogens with two attached hydrogens (primary N) is 1. The highest BCUT2D eigenvalue weighted by Gasteiger charge is 2.17. The van der Waals surface area contributed by atoms with Crippen molar-refractivity contribution >= 4 is 29.0 Å². The Bertz CT molecular complexity index is 1160. The minimum absolute atomic E-state index is 0.124. The second kappa shape index (κ2) is 8.22. The van der Waals surface area contributed by atoms with Crippen LogP contribution in [0.5, 0.6) is 5.75 Å². The zero-order chi connectivity index (χ0) is 20.9. The SMILES string of the molecule is COc1c(Nc2nc(Nc3cccnc3)ncc2C(N)=O)cccc1-c1ncn[nH]1. The van der Waals surface area contributed by atoms with E-state index in [1.54, 1.807) is 24.5 Å². The van der Waals surface area contributed by atoms with Crippen molar-refractivity contribution in [3.05, 3.63) is 60.8 Å². The number of nitrogens with one attached hydrogen (secondary N) is 3. The molecule has 0 saturated heterocycles. The van der Waals surface area contributed by atoms with Gasteiger partial charge in [0.05, 0.1) is 30.2 Å². The molecule has 11 heteroatoms. The smallest absolute Gasteiger partial charge is 0.254 e. The molecule has 4 aromatic rings. The summed E-state index contributed by atoms with van der Waals surface area (Å²) in [6.45, 7) is 0. The molecule has 3 heterocycles. The van der Waals surface area contributed by atoms with E-state index < -0.39 is 5.91 Å². The van der Waals surface area contributed by atoms with E-state index in [4.69, 9.17) is 10.5 Å². The fourth-order valence-electron chi connectivity index (χ4n) is 2.79. The molecule has 0 radical (unpaired) electrons. The van der Waals surface area contributed by atoms with Gasteiger partial charge in [0.15, 0.2) is 11.6 Å². The Labute approximate surface area is 170 Å². The number of amides is 1. The number of anilines is 4. The number of pyridine rings is 1. The van der Waals surface area contributed by atoms with Gasteiger partial charge in [-0.25, -0.2) is 9.97 Å². The van der Waals surface area contributed by atoms with Crippen molar-refractivity contribution in [1.82, 2.24) is 30.1 Å². The van der Waals surface area contributed by atoms with E-state index in [9.17, 15) is 4.79 Å². The van der Waals surface area contributed by atoms with Crippen LogP contribution in [0.3, 0.4) is 0 Å². The van der Waals surface area contributed by atoms with Crippen molar-refractivity contribution in [2.45, 2.75) is 0 Å². The van der Waals surface area contributed by atoms with E-state index in [0.717, 1.165) is 0 Å². The van der Waals surface area contributed by atoms with Gasteiger partial charge in [0.25, 0.3) is 5.91 Å². The number of H-pyrrole nitrogens is 1. The normalized spacial score (nSPS) is 10.4. The highest BCUT2D eigenvalue weighted by atomic mass is 16.5. The number of hydrogen-bond donors (Lipinski definition) is 4. The molecule has 0 aliphatic heterocycles. The number of aromatic nitrogens is 6. The maximum atomic E-state index is 11.9. The minimum Gasteiger partial charge on any atom is -0.494 e. The Kier molecular flexibility index (Phi) is 5.16. The van der Waals surface area contributed by atoms with Crippen molar-refractivity contribution < 1.29 is 9.53 Å². The molecular weight excluding hydrogens is 386 g/mol. The third-order valence-electron chi connectivity index (χ3n) is 4.11. The lowest BCUT2D eigenvalue weighted by atomic mass is 10.1. The number of carbonyl (C=O) groups excluding carboxylic acids is 1. The molecule has 30 heavy (non-hydrogen) atoms. The Morgan fingerprint density at radius 3 is 2.73 bits per heavy atom. The van der Waals surface area contributed by atoms with Crippen LogP contribution < -0.4 is 21.1 Å². The van der Waals surface area contributed by atoms with Gasteiger partial charge in [0, 0.05) is 12.4 Å². The minimum atomic E-state index is -0.671. The second-order valence-corrected chi connectivity index (χ2v) is 6.03. The summed E-state index contributed by atoms with van der Waals surface area (Å²) in [5.41, 5.74) is 7.56. The van der Waals surface area contributed by atoms with Crippen LogP contribution >= 0.6 is 0 Å². The standard InChI is InChI=1S/C19H17N9O2/c1-30-15-12(17-23-10-24-28-17)5-2-6-14(15)26-18-13(16(20)29)9-22-19(27-18)25-11-4-3-7-21-8-11/h2-10H,1H3,(H2,20,29)(H,23,24,28)(H2,22,25,26,27). The first kappa shape index (κ1) is 18.8. The summed E-state index contributed by atoms with van der Waals surface area (Å²) in [5, 5.41) is 12.8. The molecule has 4 rings (SSSR count). The molecule has 0 bridgehead atoms. The number of ether oxygens (including phenoxy) is 1. The van der Waals surface area contributed by atoms with Crippen LogP contribution in [0.1, 0.15) is 10.4 Å². The van der Waals surface area contributed by atoms with Crippen LogP contribution in [0.2, 0.25) is 0 Å². The zero-order valence-corrected chi connectivity index (χ0v) is 15.8. The molecule has 5 N–H and O–H groups in total. The van der Waals surface area contributed by atoms with Gasteiger partial charge in [0.1, 0.15) is 17.7 Å². The Morgan fingerprint density at radius 1 is 1.13 bits per heavy atom. The van der Waals surface area contributed by atoms with Crippen LogP contribution in [0.25, 0.3) is 11.4 Å². The predicted octanol–water partition coefficient (Wildman–Crippen LogP) is 2.25. The number of benzene rings is 1. The van der Waals surface area contributed by atoms with Crippen molar-refractivity contribution in [1.29, 1.82) is 0 Å². The number of para-hydroxylation sites is 1. The number of aromatic amines is 1. The topological polar surface area (TPSA) is 157 Å². The van der Waals surface area contributed by atoms with Gasteiger partial charge in [-0.3, -0.25) is 14.9 Å². The maximum absolute atomic E-state index is 11.9. The lowest BCUT2D eigenvalue weighted by molar-refractivity contribution is 0.100. The first-order valence-electron chi connectivity index (χ1n) is 8.79. The number of carbonyl (C=O) groups is 1. The number of rotatable bonds is 7. The summed E-state index contributed by atoms with van der Waals surface area (Å²) in [6, 6.07) is 9.01. The van der Waals surface area contributed by atoms with Crippen molar-refractivity contribution in [3.63, 3.8) is 0 Å². The summed E-state index contributed by atoms with van der Waals surface area (Å²) >= 11 is 0. The van der Waals surface area contributed by atoms with Crippen LogP contribution in [-0.4, -0.2) is 43.2 Å². The molecule has 150 valence electrons. The molecule has 1 aromatic carbocycles. The summed E-state index contributed by atoms with van der Waals surface area (Å²) < 4.78 is 5.56. The van der Waals surface area contributed by atoms with E-state index >= 15 is 0 Å². The summed E-state index contributed by atoms with van der Waals surface area (Å²) in [7, 11) is 1.53. The molecule has 11 nitrogen and oxygen atoms in total. The van der Waals surface area contributed by atoms with Gasteiger partial charge in [-0.05, 0) is 24.3 Å². The number of hydrogen-bond acceptors (Lipinski definition) is 9. The van der Waals surface area contributed by atoms with Crippen molar-refractivity contribution in [2.75, 3.05) is 17.7 Å². The summed E-state index contributed by atoms with van der Waals surface area (Å²) in [5.74, 6) is 0.839. The van der Waals surface area contributed by atoms with Crippen LogP contribution in [0.4, 0.5) is 23.1 Å². The van der Waals surface area contributed by atoms with Crippen molar-refractivity contribution in [2.24, 2.45) is 5.73 Å². The number of methoxy groups -OCH3 is 1. The molecule has 0 atom stereocenters. The second-order valence-electron chi connectivity index (χ2n) is 6.03. The number of primary amides is 1. The molecule has 3 aromatic heterocycles. The van der Waals surface area contributed by atoms with Gasteiger partial charge < -0.3 is 21.1 Å². The quantitative estimate of drug-likeness (QED) is 0.363. The third kappa shape index (κ3) is 3.85. The summed E-state index contributed by atoms with van der Waals surface area (Å²) in [6.07, 6.45) is 6.04. The molecule has 0 aliphatic carbocycles. The zero-order valence-electron chi connectivity index (χ0n) is 15.8. The molecular formula is C19H17N9O2. The van der Waals surface area contributed by atoms with Gasteiger partial charge in [-0.1, -0.05) is 6.07 Å². The van der Waals surface area contributed by atoms with E-state index in [-0.39, 0.29) is 17.3 Å². The van der Waals surface area contributed by atoms with Crippen LogP contribution in [0, 0.1) is 0 Å². The fraction of sp³-hybridized carbons (Fsp3) is 0.0526. The average Bonchev–Trinajstić information content (AvgIpc) is 3.29. The van der Waals surface area contributed by atoms with Gasteiger partial charge >= 0.3 is 0 Å². The molecule has 0 spiro atoms. The lowest BCUT2D eigenvalue weighted by Gasteiger charge is -2.15. The van der Waals surface area contributed by atoms with E-state index in [1.165, 1.54) is 19.6 Å². The average molecular weight is 403 g/mol. The van der Waals surface area contributed by atoms with Gasteiger partial charge in [0.2, 0.25) is 5.95 Å². The maximum Gasteiger partial charge on any atom is 0.254 e. The van der Waals surface area contributed by atoms with Crippen LogP contribution in [0.15, 0.2) is 55.2 Å². The largest absolute Gasteiger partial charge is 0.494 e. The molecule has 1 amide bonds. The van der Waals surface area contributed by atoms with E-state index in [1.807, 2.05) is 18.2 Å². The first-order valence-corrected chi connectivity index (χ1v) is 8.79. The first-order chi connectivity index (χ1) is 14.7. The van der Waals surface area contributed by atoms with Crippen LogP contribution in [-0.2, 0) is 0 Å². The summed E-state index contributed by atoms with van der Waals surface area (Å²) in [4.78, 5) is 28.7. The molecule has 0 aliphatic rings. The number of nitrogens with zero attached hydrogens (tertiary/aromatic N) is 5. The third-order valence-corrected chi connectivity index (χ3v) is 4.11. The van der Waals surface area contributed by atoms with Gasteiger partial charge in [-0.2, -0.15) is 10.1 Å². The Balaban J connectivity index is 1.72. The van der Waals surface area contributed by atoms with Crippen molar-refractivity contribution in [3.8, 4) is 17.1 Å². The Morgan fingerprint density at radius 2 is 2.03 bits per heavy atom. The molecule has 0 fully saturated rings. The highest BCUT2D eigenvalue weighted by Crippen LogP contribution is 2.36. The predicted molar refractivity (Wildman–Crippen MR) is 110 cm³/mol. The van der Waals surface area contributed by atoms with E-state index in [2.05, 4.69) is 40.8 Å². The van der Waals surface area contributed by atoms with E-state index in [0.29, 0.717) is 28.5 Å². The Hall–Kier alpha value is -4.54. The highest BCUT2D eigenvalue weighted by molar-refractivity contribution is 5.98. The monoisotopic (exact) mass is 403 g/mol. The molecule has 0 unspecified atom stereocenters.